The highest BCUT2D eigenvalue weighted by Crippen LogP contribution is 1.98. The van der Waals surface area contributed by atoms with Crippen molar-refractivity contribution in [1.82, 2.24) is 20.4 Å². The van der Waals surface area contributed by atoms with Gasteiger partial charge in [0.1, 0.15) is 11.5 Å². The first-order valence-electron chi connectivity index (χ1n) is 5.72. The van der Waals surface area contributed by atoms with Crippen molar-refractivity contribution in [3.8, 4) is 0 Å². The average Bonchev–Trinajstić information content (AvgIpc) is 3.04. The molecule has 2 heterocycles. The van der Waals surface area contributed by atoms with Gasteiger partial charge in [-0.15, -0.1) is 0 Å². The van der Waals surface area contributed by atoms with E-state index in [1.54, 1.807) is 25.2 Å². The standard InChI is InChI=1S/C12H14N4O3/c1-16-10(4-5-15-16)12(18)14-8-11(17)13-7-9-3-2-6-19-9/h2-6H,7-8H2,1H3,(H,13,17)(H,14,18). The van der Waals surface area contributed by atoms with Crippen molar-refractivity contribution in [2.24, 2.45) is 7.05 Å². The van der Waals surface area contributed by atoms with Gasteiger partial charge < -0.3 is 15.1 Å². The highest BCUT2D eigenvalue weighted by molar-refractivity contribution is 5.94. The van der Waals surface area contributed by atoms with Gasteiger partial charge in [-0.05, 0) is 18.2 Å². The number of nitrogens with zero attached hydrogens (tertiary/aromatic N) is 2. The molecule has 0 aliphatic heterocycles. The van der Waals surface area contributed by atoms with Crippen LogP contribution >= 0.6 is 0 Å². The van der Waals surface area contributed by atoms with Crippen LogP contribution in [-0.4, -0.2) is 28.1 Å². The Morgan fingerprint density at radius 1 is 1.37 bits per heavy atom. The summed E-state index contributed by atoms with van der Waals surface area (Å²) in [6, 6.07) is 5.08. The normalized spacial score (nSPS) is 10.2. The Kier molecular flexibility index (Phi) is 3.97. The summed E-state index contributed by atoms with van der Waals surface area (Å²) in [6.07, 6.45) is 3.05. The highest BCUT2D eigenvalue weighted by Gasteiger charge is 2.11. The molecule has 0 radical (unpaired) electrons. The largest absolute Gasteiger partial charge is 0.467 e. The number of rotatable bonds is 5. The molecule has 2 aromatic heterocycles. The summed E-state index contributed by atoms with van der Waals surface area (Å²) >= 11 is 0. The summed E-state index contributed by atoms with van der Waals surface area (Å²) < 4.78 is 6.51. The molecule has 0 saturated carbocycles. The second-order valence-electron chi connectivity index (χ2n) is 3.88. The Balaban J connectivity index is 1.74. The molecule has 0 unspecified atom stereocenters. The second kappa shape index (κ2) is 5.85. The third-order valence-electron chi connectivity index (χ3n) is 2.50. The Hall–Kier alpha value is -2.57. The number of hydrogen-bond acceptors (Lipinski definition) is 4. The molecule has 100 valence electrons. The lowest BCUT2D eigenvalue weighted by Gasteiger charge is -2.06. The topological polar surface area (TPSA) is 89.2 Å². The molecule has 0 aliphatic rings. The van der Waals surface area contributed by atoms with E-state index in [4.69, 9.17) is 4.42 Å². The number of furan rings is 1. The molecule has 0 aromatic carbocycles. The number of carbonyl (C=O) groups excluding carboxylic acids is 2. The first-order valence-corrected chi connectivity index (χ1v) is 5.72. The van der Waals surface area contributed by atoms with E-state index in [9.17, 15) is 9.59 Å². The molecule has 7 heteroatoms. The first-order chi connectivity index (χ1) is 9.16. The summed E-state index contributed by atoms with van der Waals surface area (Å²) in [6.45, 7) is 0.206. The molecular weight excluding hydrogens is 248 g/mol. The van der Waals surface area contributed by atoms with Crippen LogP contribution in [0, 0.1) is 0 Å². The number of aryl methyl sites for hydroxylation is 1. The smallest absolute Gasteiger partial charge is 0.269 e. The van der Waals surface area contributed by atoms with Crippen LogP contribution in [0.4, 0.5) is 0 Å². The fourth-order valence-electron chi connectivity index (χ4n) is 1.51. The summed E-state index contributed by atoms with van der Waals surface area (Å²) in [4.78, 5) is 23.2. The lowest BCUT2D eigenvalue weighted by atomic mass is 10.4. The van der Waals surface area contributed by atoms with E-state index in [0.29, 0.717) is 18.0 Å². The summed E-state index contributed by atoms with van der Waals surface area (Å²) in [5.41, 5.74) is 0.402. The van der Waals surface area contributed by atoms with Gasteiger partial charge in [-0.25, -0.2) is 0 Å². The summed E-state index contributed by atoms with van der Waals surface area (Å²) in [5, 5.41) is 9.02. The Morgan fingerprint density at radius 3 is 2.84 bits per heavy atom. The van der Waals surface area contributed by atoms with E-state index in [2.05, 4.69) is 15.7 Å². The number of amides is 2. The Bertz CT molecular complexity index is 559. The van der Waals surface area contributed by atoms with Gasteiger partial charge in [0.15, 0.2) is 0 Å². The van der Waals surface area contributed by atoms with Crippen LogP contribution in [0.25, 0.3) is 0 Å². The monoisotopic (exact) mass is 262 g/mol. The van der Waals surface area contributed by atoms with Crippen molar-refractivity contribution in [2.45, 2.75) is 6.54 Å². The Labute approximate surface area is 109 Å². The highest BCUT2D eigenvalue weighted by atomic mass is 16.3. The van der Waals surface area contributed by atoms with Crippen molar-refractivity contribution in [3.63, 3.8) is 0 Å². The number of carbonyl (C=O) groups is 2. The Morgan fingerprint density at radius 2 is 2.21 bits per heavy atom. The van der Waals surface area contributed by atoms with Crippen molar-refractivity contribution in [1.29, 1.82) is 0 Å². The van der Waals surface area contributed by atoms with Gasteiger partial charge in [-0.1, -0.05) is 0 Å². The zero-order chi connectivity index (χ0) is 13.7. The van der Waals surface area contributed by atoms with E-state index in [1.807, 2.05) is 0 Å². The minimum Gasteiger partial charge on any atom is -0.467 e. The van der Waals surface area contributed by atoms with Crippen molar-refractivity contribution in [2.75, 3.05) is 6.54 Å². The molecule has 0 spiro atoms. The van der Waals surface area contributed by atoms with E-state index >= 15 is 0 Å². The third-order valence-corrected chi connectivity index (χ3v) is 2.50. The van der Waals surface area contributed by atoms with Crippen LogP contribution in [0.15, 0.2) is 35.1 Å². The predicted molar refractivity (Wildman–Crippen MR) is 66.1 cm³/mol. The van der Waals surface area contributed by atoms with E-state index in [0.717, 1.165) is 0 Å². The zero-order valence-corrected chi connectivity index (χ0v) is 10.4. The maximum Gasteiger partial charge on any atom is 0.269 e. The number of nitrogens with one attached hydrogen (secondary N) is 2. The molecular formula is C12H14N4O3. The number of aromatic nitrogens is 2. The maximum absolute atomic E-state index is 11.7. The van der Waals surface area contributed by atoms with E-state index in [-0.39, 0.29) is 18.4 Å². The molecule has 0 saturated heterocycles. The van der Waals surface area contributed by atoms with Gasteiger partial charge in [-0.3, -0.25) is 14.3 Å². The van der Waals surface area contributed by atoms with Crippen molar-refractivity contribution in [3.05, 3.63) is 42.1 Å². The molecule has 2 rings (SSSR count). The fraction of sp³-hybridized carbons (Fsp3) is 0.250. The minimum absolute atomic E-state index is 0.0925. The SMILES string of the molecule is Cn1nccc1C(=O)NCC(=O)NCc1ccco1. The van der Waals surface area contributed by atoms with Crippen LogP contribution in [0.1, 0.15) is 16.2 Å². The van der Waals surface area contributed by atoms with Gasteiger partial charge >= 0.3 is 0 Å². The van der Waals surface area contributed by atoms with Gasteiger partial charge in [0.25, 0.3) is 5.91 Å². The van der Waals surface area contributed by atoms with E-state index in [1.165, 1.54) is 17.1 Å². The molecule has 2 aromatic rings. The molecule has 0 aliphatic carbocycles. The zero-order valence-electron chi connectivity index (χ0n) is 10.4. The van der Waals surface area contributed by atoms with E-state index < -0.39 is 0 Å². The maximum atomic E-state index is 11.7. The molecule has 0 fully saturated rings. The minimum atomic E-state index is -0.340. The van der Waals surface area contributed by atoms with Gasteiger partial charge in [-0.2, -0.15) is 5.10 Å². The van der Waals surface area contributed by atoms with Crippen molar-refractivity contribution >= 4 is 11.8 Å². The quantitative estimate of drug-likeness (QED) is 0.797. The summed E-state index contributed by atoms with van der Waals surface area (Å²) in [5.74, 6) is 0.0337. The van der Waals surface area contributed by atoms with Crippen LogP contribution < -0.4 is 10.6 Å². The third kappa shape index (κ3) is 3.44. The van der Waals surface area contributed by atoms with Crippen molar-refractivity contribution < 1.29 is 14.0 Å². The van der Waals surface area contributed by atoms with Gasteiger partial charge in [0, 0.05) is 13.2 Å². The van der Waals surface area contributed by atoms with Gasteiger partial charge in [0.05, 0.1) is 19.4 Å². The molecule has 0 bridgehead atoms. The number of hydrogen-bond donors (Lipinski definition) is 2. The summed E-state index contributed by atoms with van der Waals surface area (Å²) in [7, 11) is 1.66. The average molecular weight is 262 g/mol. The molecule has 2 N–H and O–H groups in total. The van der Waals surface area contributed by atoms with Crippen LogP contribution in [0.5, 0.6) is 0 Å². The fourth-order valence-corrected chi connectivity index (χ4v) is 1.51. The van der Waals surface area contributed by atoms with Crippen LogP contribution in [-0.2, 0) is 18.4 Å². The predicted octanol–water partition coefficient (Wildman–Crippen LogP) is 0.0593. The molecule has 2 amide bonds. The van der Waals surface area contributed by atoms with Gasteiger partial charge in [0.2, 0.25) is 5.91 Å². The lowest BCUT2D eigenvalue weighted by molar-refractivity contribution is -0.120. The molecule has 19 heavy (non-hydrogen) atoms. The first kappa shape index (κ1) is 12.9. The molecule has 7 nitrogen and oxygen atoms in total. The second-order valence-corrected chi connectivity index (χ2v) is 3.88. The van der Waals surface area contributed by atoms with Crippen LogP contribution in [0.2, 0.25) is 0 Å². The van der Waals surface area contributed by atoms with Crippen LogP contribution in [0.3, 0.4) is 0 Å². The lowest BCUT2D eigenvalue weighted by Crippen LogP contribution is -2.37. The molecule has 0 atom stereocenters.